The Bertz CT molecular complexity index is 540. The van der Waals surface area contributed by atoms with Crippen LogP contribution in [0.2, 0.25) is 0 Å². The van der Waals surface area contributed by atoms with E-state index in [0.29, 0.717) is 0 Å². The smallest absolute Gasteiger partial charge is 0.0367 e. The average molecular weight is 279 g/mol. The average Bonchev–Trinajstić information content (AvgIpc) is 2.57. The van der Waals surface area contributed by atoms with Crippen molar-refractivity contribution in [3.63, 3.8) is 0 Å². The molecule has 2 nitrogen and oxygen atoms in total. The molecule has 0 saturated carbocycles. The molecule has 0 aliphatic carbocycles. The molecule has 1 fully saturated rings. The van der Waals surface area contributed by atoms with Crippen molar-refractivity contribution in [1.29, 1.82) is 0 Å². The Hall–Kier alpha value is -1.80. The second-order valence-electron chi connectivity index (χ2n) is 5.67. The van der Waals surface area contributed by atoms with Crippen LogP contribution < -0.4 is 4.90 Å². The SMILES string of the molecule is [CH2]Cc1ccc(CN2CCN(c3ccccc3)CC2)cc1. The van der Waals surface area contributed by atoms with E-state index < -0.39 is 0 Å². The van der Waals surface area contributed by atoms with Gasteiger partial charge in [-0.15, -0.1) is 0 Å². The van der Waals surface area contributed by atoms with Gasteiger partial charge in [0.25, 0.3) is 0 Å². The summed E-state index contributed by atoms with van der Waals surface area (Å²) in [7, 11) is 0. The van der Waals surface area contributed by atoms with E-state index >= 15 is 0 Å². The standard InChI is InChI=1S/C19H23N2/c1-2-17-8-10-18(11-9-17)16-20-12-14-21(15-13-20)19-6-4-3-5-7-19/h3-11H,1-2,12-16H2. The number of rotatable bonds is 4. The molecule has 0 atom stereocenters. The van der Waals surface area contributed by atoms with Gasteiger partial charge in [0.05, 0.1) is 0 Å². The van der Waals surface area contributed by atoms with Gasteiger partial charge >= 0.3 is 0 Å². The first-order valence-corrected chi connectivity index (χ1v) is 7.74. The third kappa shape index (κ3) is 3.64. The van der Waals surface area contributed by atoms with Gasteiger partial charge in [0, 0.05) is 38.4 Å². The lowest BCUT2D eigenvalue weighted by Crippen LogP contribution is -2.45. The summed E-state index contributed by atoms with van der Waals surface area (Å²) >= 11 is 0. The molecule has 1 aliphatic heterocycles. The molecule has 2 heteroatoms. The van der Waals surface area contributed by atoms with E-state index in [4.69, 9.17) is 0 Å². The number of anilines is 1. The number of hydrogen-bond donors (Lipinski definition) is 0. The Morgan fingerprint density at radius 1 is 0.762 bits per heavy atom. The van der Waals surface area contributed by atoms with Crippen molar-refractivity contribution in [2.75, 3.05) is 31.1 Å². The summed E-state index contributed by atoms with van der Waals surface area (Å²) in [5, 5.41) is 0. The topological polar surface area (TPSA) is 6.48 Å². The van der Waals surface area contributed by atoms with Crippen LogP contribution in [0, 0.1) is 6.92 Å². The molecule has 21 heavy (non-hydrogen) atoms. The van der Waals surface area contributed by atoms with Crippen LogP contribution in [-0.2, 0) is 13.0 Å². The zero-order valence-corrected chi connectivity index (χ0v) is 12.5. The van der Waals surface area contributed by atoms with Gasteiger partial charge in [0.1, 0.15) is 0 Å². The summed E-state index contributed by atoms with van der Waals surface area (Å²) in [5.74, 6) is 0. The number of piperazine rings is 1. The molecule has 2 aromatic rings. The highest BCUT2D eigenvalue weighted by Gasteiger charge is 2.16. The number of benzene rings is 2. The maximum absolute atomic E-state index is 3.92. The van der Waals surface area contributed by atoms with Crippen LogP contribution in [-0.4, -0.2) is 31.1 Å². The molecule has 0 unspecified atom stereocenters. The van der Waals surface area contributed by atoms with Crippen LogP contribution in [0.25, 0.3) is 0 Å². The number of para-hydroxylation sites is 1. The maximum Gasteiger partial charge on any atom is 0.0367 e. The second-order valence-corrected chi connectivity index (χ2v) is 5.67. The molecule has 109 valence electrons. The fourth-order valence-electron chi connectivity index (χ4n) is 2.87. The summed E-state index contributed by atoms with van der Waals surface area (Å²) in [5.41, 5.74) is 4.06. The van der Waals surface area contributed by atoms with Gasteiger partial charge in [-0.2, -0.15) is 0 Å². The first kappa shape index (κ1) is 14.2. The fraction of sp³-hybridized carbons (Fsp3) is 0.316. The first-order valence-electron chi connectivity index (χ1n) is 7.74. The Morgan fingerprint density at radius 3 is 2.00 bits per heavy atom. The van der Waals surface area contributed by atoms with Crippen LogP contribution in [0.5, 0.6) is 0 Å². The van der Waals surface area contributed by atoms with E-state index in [1.807, 2.05) is 0 Å². The summed E-state index contributed by atoms with van der Waals surface area (Å²) in [4.78, 5) is 5.01. The van der Waals surface area contributed by atoms with Crippen molar-refractivity contribution in [2.24, 2.45) is 0 Å². The molecule has 1 aliphatic rings. The molecule has 1 heterocycles. The van der Waals surface area contributed by atoms with Crippen molar-refractivity contribution in [3.8, 4) is 0 Å². The molecule has 0 spiro atoms. The van der Waals surface area contributed by atoms with E-state index in [-0.39, 0.29) is 0 Å². The predicted octanol–water partition coefficient (Wildman–Crippen LogP) is 3.39. The summed E-state index contributed by atoms with van der Waals surface area (Å²) in [6.45, 7) is 9.46. The molecule has 1 saturated heterocycles. The fourth-order valence-corrected chi connectivity index (χ4v) is 2.87. The minimum absolute atomic E-state index is 0.871. The molecule has 0 amide bonds. The normalized spacial score (nSPS) is 16.1. The minimum Gasteiger partial charge on any atom is -0.369 e. The molecular formula is C19H23N2. The van der Waals surface area contributed by atoms with Crippen molar-refractivity contribution in [2.45, 2.75) is 13.0 Å². The lowest BCUT2D eigenvalue weighted by Gasteiger charge is -2.36. The van der Waals surface area contributed by atoms with Crippen molar-refractivity contribution >= 4 is 5.69 Å². The summed E-state index contributed by atoms with van der Waals surface area (Å²) < 4.78 is 0. The molecule has 1 radical (unpaired) electrons. The second kappa shape index (κ2) is 6.77. The van der Waals surface area contributed by atoms with E-state index in [2.05, 4.69) is 71.3 Å². The highest BCUT2D eigenvalue weighted by Crippen LogP contribution is 2.17. The van der Waals surface area contributed by atoms with Crippen molar-refractivity contribution < 1.29 is 0 Å². The molecule has 3 rings (SSSR count). The predicted molar refractivity (Wildman–Crippen MR) is 89.4 cm³/mol. The number of hydrogen-bond acceptors (Lipinski definition) is 2. The Labute approximate surface area is 128 Å². The van der Waals surface area contributed by atoms with Gasteiger partial charge in [0.2, 0.25) is 0 Å². The molecular weight excluding hydrogens is 256 g/mol. The Morgan fingerprint density at radius 2 is 1.38 bits per heavy atom. The zero-order valence-electron chi connectivity index (χ0n) is 12.5. The van der Waals surface area contributed by atoms with Crippen LogP contribution in [0.3, 0.4) is 0 Å². The Balaban J connectivity index is 1.53. The van der Waals surface area contributed by atoms with Gasteiger partial charge < -0.3 is 4.90 Å². The minimum atomic E-state index is 0.871. The van der Waals surface area contributed by atoms with E-state index in [1.165, 1.54) is 16.8 Å². The highest BCUT2D eigenvalue weighted by molar-refractivity contribution is 5.46. The van der Waals surface area contributed by atoms with Crippen LogP contribution >= 0.6 is 0 Å². The third-order valence-corrected chi connectivity index (χ3v) is 4.21. The lowest BCUT2D eigenvalue weighted by molar-refractivity contribution is 0.250. The monoisotopic (exact) mass is 279 g/mol. The molecule has 2 aromatic carbocycles. The lowest BCUT2D eigenvalue weighted by atomic mass is 10.1. The van der Waals surface area contributed by atoms with Gasteiger partial charge in [-0.3, -0.25) is 4.90 Å². The molecule has 0 bridgehead atoms. The zero-order chi connectivity index (χ0) is 14.5. The largest absolute Gasteiger partial charge is 0.369 e. The van der Waals surface area contributed by atoms with Gasteiger partial charge in [-0.1, -0.05) is 42.5 Å². The van der Waals surface area contributed by atoms with Crippen LogP contribution in [0.1, 0.15) is 11.1 Å². The highest BCUT2D eigenvalue weighted by atomic mass is 15.3. The van der Waals surface area contributed by atoms with Crippen molar-refractivity contribution in [3.05, 3.63) is 72.6 Å². The quantitative estimate of drug-likeness (QED) is 0.846. The molecule has 0 aromatic heterocycles. The van der Waals surface area contributed by atoms with E-state index in [0.717, 1.165) is 39.1 Å². The van der Waals surface area contributed by atoms with Gasteiger partial charge in [-0.25, -0.2) is 0 Å². The Kier molecular flexibility index (Phi) is 4.56. The van der Waals surface area contributed by atoms with E-state index in [1.54, 1.807) is 0 Å². The van der Waals surface area contributed by atoms with Crippen LogP contribution in [0.15, 0.2) is 54.6 Å². The van der Waals surface area contributed by atoms with Crippen LogP contribution in [0.4, 0.5) is 5.69 Å². The first-order chi connectivity index (χ1) is 10.3. The molecule has 0 N–H and O–H groups in total. The number of nitrogens with zero attached hydrogens (tertiary/aromatic N) is 2. The third-order valence-electron chi connectivity index (χ3n) is 4.21. The maximum atomic E-state index is 3.92. The van der Waals surface area contributed by atoms with E-state index in [9.17, 15) is 0 Å². The van der Waals surface area contributed by atoms with Crippen molar-refractivity contribution in [1.82, 2.24) is 4.90 Å². The van der Waals surface area contributed by atoms with Gasteiger partial charge in [-0.05, 0) is 36.6 Å². The summed E-state index contributed by atoms with van der Waals surface area (Å²) in [6, 6.07) is 19.6. The van der Waals surface area contributed by atoms with Gasteiger partial charge in [0.15, 0.2) is 0 Å². The summed E-state index contributed by atoms with van der Waals surface area (Å²) in [6.07, 6.45) is 0.871.